The maximum Gasteiger partial charge on any atom is 0.234 e. The smallest absolute Gasteiger partial charge is 0.234 e. The summed E-state index contributed by atoms with van der Waals surface area (Å²) in [6.07, 6.45) is 1.94. The Morgan fingerprint density at radius 2 is 2.55 bits per heavy atom. The van der Waals surface area contributed by atoms with Gasteiger partial charge in [0.15, 0.2) is 0 Å². The fourth-order valence-corrected chi connectivity index (χ4v) is 2.08. The number of nitrogens with zero attached hydrogens (tertiary/aromatic N) is 1. The van der Waals surface area contributed by atoms with Crippen molar-refractivity contribution >= 4 is 11.3 Å². The molecule has 0 aliphatic carbocycles. The van der Waals surface area contributed by atoms with Crippen LogP contribution in [0.5, 0.6) is 0 Å². The number of ether oxygens (including phenoxy) is 1. The van der Waals surface area contributed by atoms with Crippen LogP contribution in [0.3, 0.4) is 0 Å². The Kier molecular flexibility index (Phi) is 3.45. The summed E-state index contributed by atoms with van der Waals surface area (Å²) in [5.41, 5.74) is 0. The highest BCUT2D eigenvalue weighted by molar-refractivity contribution is 7.76. The zero-order chi connectivity index (χ0) is 8.27. The minimum atomic E-state index is -1.82. The molecule has 4 nitrogen and oxygen atoms in total. The molecule has 0 amide bonds. The second-order valence-corrected chi connectivity index (χ2v) is 3.55. The molecule has 0 bridgehead atoms. The molecule has 0 spiro atoms. The highest BCUT2D eigenvalue weighted by atomic mass is 32.2. The number of hydrogen-bond donors (Lipinski definition) is 1. The van der Waals surface area contributed by atoms with Gasteiger partial charge in [-0.15, -0.1) is 0 Å². The van der Waals surface area contributed by atoms with Crippen LogP contribution in [0.4, 0.5) is 0 Å². The molecule has 0 saturated carbocycles. The van der Waals surface area contributed by atoms with Crippen LogP contribution in [0.25, 0.3) is 0 Å². The number of rotatable bonds is 3. The number of methoxy groups -OCH3 is 1. The minimum absolute atomic E-state index is 0.130. The van der Waals surface area contributed by atoms with Crippen LogP contribution in [0.2, 0.25) is 0 Å². The van der Waals surface area contributed by atoms with E-state index in [1.54, 1.807) is 11.4 Å². The topological polar surface area (TPSA) is 49.8 Å². The van der Waals surface area contributed by atoms with Gasteiger partial charge in [-0.3, -0.25) is 4.55 Å². The lowest BCUT2D eigenvalue weighted by Gasteiger charge is -2.18. The first kappa shape index (κ1) is 9.12. The van der Waals surface area contributed by atoms with Crippen molar-refractivity contribution in [3.8, 4) is 0 Å². The summed E-state index contributed by atoms with van der Waals surface area (Å²) in [5, 5.41) is 0. The standard InChI is InChI=1S/C6H13NO3S/c1-10-5-6-3-2-4-7(6)11(8)9/h6H,2-5H2,1H3,(H,8,9). The quantitative estimate of drug-likeness (QED) is 0.631. The van der Waals surface area contributed by atoms with E-state index in [1.165, 1.54) is 0 Å². The molecule has 2 unspecified atom stereocenters. The van der Waals surface area contributed by atoms with E-state index in [9.17, 15) is 4.21 Å². The van der Waals surface area contributed by atoms with Crippen LogP contribution in [0.15, 0.2) is 0 Å². The molecule has 0 radical (unpaired) electrons. The third-order valence-corrected chi connectivity index (χ3v) is 2.76. The van der Waals surface area contributed by atoms with E-state index >= 15 is 0 Å². The van der Waals surface area contributed by atoms with Gasteiger partial charge in [0.2, 0.25) is 11.3 Å². The summed E-state index contributed by atoms with van der Waals surface area (Å²) < 4.78 is 25.9. The molecule has 66 valence electrons. The fourth-order valence-electron chi connectivity index (χ4n) is 1.37. The molecule has 1 heterocycles. The average Bonchev–Trinajstić information content (AvgIpc) is 2.36. The molecule has 1 fully saturated rings. The Morgan fingerprint density at radius 1 is 1.82 bits per heavy atom. The summed E-state index contributed by atoms with van der Waals surface area (Å²) in [4.78, 5) is 0. The summed E-state index contributed by atoms with van der Waals surface area (Å²) in [6.45, 7) is 1.25. The van der Waals surface area contributed by atoms with Gasteiger partial charge in [0, 0.05) is 19.7 Å². The van der Waals surface area contributed by atoms with Crippen molar-refractivity contribution in [3.63, 3.8) is 0 Å². The fraction of sp³-hybridized carbons (Fsp3) is 1.00. The molecule has 2 atom stereocenters. The van der Waals surface area contributed by atoms with Gasteiger partial charge in [-0.1, -0.05) is 0 Å². The van der Waals surface area contributed by atoms with E-state index in [4.69, 9.17) is 9.29 Å². The second-order valence-electron chi connectivity index (χ2n) is 2.62. The predicted octanol–water partition coefficient (Wildman–Crippen LogP) is 0.234. The van der Waals surface area contributed by atoms with E-state index in [2.05, 4.69) is 0 Å². The molecule has 0 aromatic carbocycles. The van der Waals surface area contributed by atoms with Crippen molar-refractivity contribution in [2.24, 2.45) is 0 Å². The average molecular weight is 179 g/mol. The van der Waals surface area contributed by atoms with Gasteiger partial charge in [-0.05, 0) is 12.8 Å². The largest absolute Gasteiger partial charge is 0.383 e. The maximum absolute atomic E-state index is 10.7. The van der Waals surface area contributed by atoms with Gasteiger partial charge in [-0.25, -0.2) is 4.21 Å². The Bertz CT molecular complexity index is 153. The van der Waals surface area contributed by atoms with E-state index < -0.39 is 11.3 Å². The molecular formula is C6H13NO3S. The first-order valence-corrected chi connectivity index (χ1v) is 4.68. The Balaban J connectivity index is 2.44. The van der Waals surface area contributed by atoms with Crippen molar-refractivity contribution in [1.82, 2.24) is 4.31 Å². The van der Waals surface area contributed by atoms with Crippen LogP contribution in [-0.4, -0.2) is 39.4 Å². The first-order valence-electron chi connectivity index (χ1n) is 3.62. The van der Waals surface area contributed by atoms with Crippen molar-refractivity contribution in [3.05, 3.63) is 0 Å². The highest BCUT2D eigenvalue weighted by Gasteiger charge is 2.27. The number of hydrogen-bond acceptors (Lipinski definition) is 2. The lowest BCUT2D eigenvalue weighted by Crippen LogP contribution is -2.33. The Morgan fingerprint density at radius 3 is 3.09 bits per heavy atom. The van der Waals surface area contributed by atoms with Gasteiger partial charge in [-0.2, -0.15) is 4.31 Å². The third kappa shape index (κ3) is 2.23. The molecule has 0 aromatic rings. The SMILES string of the molecule is COCC1CCCN1S(=O)O. The molecule has 1 aliphatic rings. The highest BCUT2D eigenvalue weighted by Crippen LogP contribution is 2.17. The predicted molar refractivity (Wildman–Crippen MR) is 42.4 cm³/mol. The molecule has 1 N–H and O–H groups in total. The zero-order valence-electron chi connectivity index (χ0n) is 6.52. The van der Waals surface area contributed by atoms with Crippen LogP contribution in [-0.2, 0) is 16.0 Å². The van der Waals surface area contributed by atoms with E-state index in [-0.39, 0.29) is 6.04 Å². The summed E-state index contributed by atoms with van der Waals surface area (Å²) in [7, 11) is 1.61. The minimum Gasteiger partial charge on any atom is -0.383 e. The van der Waals surface area contributed by atoms with Gasteiger partial charge in [0.05, 0.1) is 6.61 Å². The normalized spacial score (nSPS) is 29.1. The van der Waals surface area contributed by atoms with Crippen molar-refractivity contribution in [2.75, 3.05) is 20.3 Å². The summed E-state index contributed by atoms with van der Waals surface area (Å²) in [5.74, 6) is 0. The van der Waals surface area contributed by atoms with E-state index in [1.807, 2.05) is 0 Å². The monoisotopic (exact) mass is 179 g/mol. The first-order chi connectivity index (χ1) is 5.25. The summed E-state index contributed by atoms with van der Waals surface area (Å²) in [6, 6.07) is 0.130. The van der Waals surface area contributed by atoms with Crippen molar-refractivity contribution < 1.29 is 13.5 Å². The molecule has 11 heavy (non-hydrogen) atoms. The second kappa shape index (κ2) is 4.15. The molecule has 1 rings (SSSR count). The zero-order valence-corrected chi connectivity index (χ0v) is 7.34. The van der Waals surface area contributed by atoms with Gasteiger partial charge >= 0.3 is 0 Å². The van der Waals surface area contributed by atoms with Crippen LogP contribution in [0, 0.1) is 0 Å². The molecular weight excluding hydrogens is 166 g/mol. The van der Waals surface area contributed by atoms with Crippen LogP contribution < -0.4 is 0 Å². The van der Waals surface area contributed by atoms with Crippen LogP contribution in [0.1, 0.15) is 12.8 Å². The molecule has 1 saturated heterocycles. The molecule has 0 aromatic heterocycles. The van der Waals surface area contributed by atoms with Crippen molar-refractivity contribution in [1.29, 1.82) is 0 Å². The third-order valence-electron chi connectivity index (χ3n) is 1.88. The Hall–Kier alpha value is 0.0300. The lowest BCUT2D eigenvalue weighted by atomic mass is 10.2. The van der Waals surface area contributed by atoms with E-state index in [0.29, 0.717) is 13.2 Å². The molecule has 1 aliphatic heterocycles. The van der Waals surface area contributed by atoms with Gasteiger partial charge < -0.3 is 4.74 Å². The van der Waals surface area contributed by atoms with Crippen molar-refractivity contribution in [2.45, 2.75) is 18.9 Å². The maximum atomic E-state index is 10.7. The molecule has 5 heteroatoms. The van der Waals surface area contributed by atoms with E-state index in [0.717, 1.165) is 12.8 Å². The van der Waals surface area contributed by atoms with Gasteiger partial charge in [0.25, 0.3) is 0 Å². The summed E-state index contributed by atoms with van der Waals surface area (Å²) >= 11 is -1.82. The lowest BCUT2D eigenvalue weighted by molar-refractivity contribution is 0.148. The van der Waals surface area contributed by atoms with Crippen LogP contribution >= 0.6 is 0 Å². The van der Waals surface area contributed by atoms with Gasteiger partial charge in [0.1, 0.15) is 0 Å². The Labute approximate surface area is 68.9 Å².